The number of aromatic nitrogens is 1. The van der Waals surface area contributed by atoms with Crippen molar-refractivity contribution in [1.82, 2.24) is 4.98 Å². The summed E-state index contributed by atoms with van der Waals surface area (Å²) in [7, 11) is 0. The standard InChI is InChI=1S/C13H15NS/c1-3-7-12-10(2)15-13(14-12)11-8-5-4-6-9-11/h4-6,8-9H,3,7H2,1-2H3. The summed E-state index contributed by atoms with van der Waals surface area (Å²) in [4.78, 5) is 6.05. The fraction of sp³-hybridized carbons (Fsp3) is 0.308. The maximum Gasteiger partial charge on any atom is 0.123 e. The molecule has 0 aliphatic carbocycles. The zero-order valence-electron chi connectivity index (χ0n) is 9.16. The number of aryl methyl sites for hydroxylation is 2. The first kappa shape index (κ1) is 10.4. The zero-order chi connectivity index (χ0) is 10.7. The van der Waals surface area contributed by atoms with Crippen LogP contribution in [0, 0.1) is 6.92 Å². The highest BCUT2D eigenvalue weighted by Gasteiger charge is 2.07. The molecule has 0 spiro atoms. The quantitative estimate of drug-likeness (QED) is 0.755. The van der Waals surface area contributed by atoms with E-state index in [9.17, 15) is 0 Å². The first-order chi connectivity index (χ1) is 7.31. The lowest BCUT2D eigenvalue weighted by molar-refractivity contribution is 0.886. The monoisotopic (exact) mass is 217 g/mol. The van der Waals surface area contributed by atoms with E-state index in [4.69, 9.17) is 0 Å². The van der Waals surface area contributed by atoms with Crippen molar-refractivity contribution in [3.63, 3.8) is 0 Å². The summed E-state index contributed by atoms with van der Waals surface area (Å²) in [6.07, 6.45) is 2.26. The Morgan fingerprint density at radius 1 is 1.20 bits per heavy atom. The predicted molar refractivity (Wildman–Crippen MR) is 66.3 cm³/mol. The molecule has 1 aromatic carbocycles. The van der Waals surface area contributed by atoms with Crippen LogP contribution in [0.2, 0.25) is 0 Å². The summed E-state index contributed by atoms with van der Waals surface area (Å²) >= 11 is 1.80. The molecule has 0 bridgehead atoms. The van der Waals surface area contributed by atoms with Crippen molar-refractivity contribution >= 4 is 11.3 Å². The molecular formula is C13H15NS. The largest absolute Gasteiger partial charge is 0.241 e. The second kappa shape index (κ2) is 4.58. The number of hydrogen-bond acceptors (Lipinski definition) is 2. The van der Waals surface area contributed by atoms with Crippen molar-refractivity contribution in [2.24, 2.45) is 0 Å². The van der Waals surface area contributed by atoms with Crippen LogP contribution in [-0.2, 0) is 6.42 Å². The molecule has 1 heterocycles. The highest BCUT2D eigenvalue weighted by atomic mass is 32.1. The van der Waals surface area contributed by atoms with Gasteiger partial charge in [-0.3, -0.25) is 0 Å². The Kier molecular flexibility index (Phi) is 3.17. The molecule has 0 radical (unpaired) electrons. The van der Waals surface area contributed by atoms with Crippen LogP contribution in [0.5, 0.6) is 0 Å². The van der Waals surface area contributed by atoms with Crippen LogP contribution in [0.15, 0.2) is 30.3 Å². The van der Waals surface area contributed by atoms with Gasteiger partial charge in [-0.25, -0.2) is 4.98 Å². The minimum absolute atomic E-state index is 1.09. The van der Waals surface area contributed by atoms with Crippen LogP contribution in [0.3, 0.4) is 0 Å². The number of thiazole rings is 1. The van der Waals surface area contributed by atoms with E-state index in [2.05, 4.69) is 43.1 Å². The highest BCUT2D eigenvalue weighted by Crippen LogP contribution is 2.27. The average molecular weight is 217 g/mol. The Morgan fingerprint density at radius 3 is 2.60 bits per heavy atom. The van der Waals surface area contributed by atoms with Gasteiger partial charge in [0.05, 0.1) is 5.69 Å². The molecule has 1 aromatic heterocycles. The Morgan fingerprint density at radius 2 is 1.93 bits per heavy atom. The predicted octanol–water partition coefficient (Wildman–Crippen LogP) is 4.07. The van der Waals surface area contributed by atoms with Crippen LogP contribution >= 0.6 is 11.3 Å². The molecular weight excluding hydrogens is 202 g/mol. The summed E-state index contributed by atoms with van der Waals surface area (Å²) in [6, 6.07) is 10.4. The van der Waals surface area contributed by atoms with Gasteiger partial charge >= 0.3 is 0 Å². The number of rotatable bonds is 3. The van der Waals surface area contributed by atoms with Gasteiger partial charge in [0.15, 0.2) is 0 Å². The van der Waals surface area contributed by atoms with Crippen LogP contribution in [-0.4, -0.2) is 4.98 Å². The van der Waals surface area contributed by atoms with Gasteiger partial charge in [-0.05, 0) is 13.3 Å². The Balaban J connectivity index is 2.34. The number of benzene rings is 1. The summed E-state index contributed by atoms with van der Waals surface area (Å²) in [5.74, 6) is 0. The smallest absolute Gasteiger partial charge is 0.123 e. The van der Waals surface area contributed by atoms with E-state index in [1.165, 1.54) is 22.6 Å². The van der Waals surface area contributed by atoms with E-state index in [1.54, 1.807) is 11.3 Å². The summed E-state index contributed by atoms with van der Waals surface area (Å²) in [5, 5.41) is 1.15. The van der Waals surface area contributed by atoms with Gasteiger partial charge in [-0.2, -0.15) is 0 Å². The molecule has 0 fully saturated rings. The fourth-order valence-electron chi connectivity index (χ4n) is 1.60. The summed E-state index contributed by atoms with van der Waals surface area (Å²) < 4.78 is 0. The molecule has 0 N–H and O–H groups in total. The van der Waals surface area contributed by atoms with Crippen LogP contribution in [0.4, 0.5) is 0 Å². The molecule has 2 heteroatoms. The lowest BCUT2D eigenvalue weighted by Gasteiger charge is -1.93. The van der Waals surface area contributed by atoms with Gasteiger partial charge in [-0.15, -0.1) is 11.3 Å². The Labute approximate surface area is 94.8 Å². The molecule has 1 nitrogen and oxygen atoms in total. The lowest BCUT2D eigenvalue weighted by Crippen LogP contribution is -1.85. The van der Waals surface area contributed by atoms with Gasteiger partial charge < -0.3 is 0 Å². The molecule has 0 amide bonds. The fourth-order valence-corrected chi connectivity index (χ4v) is 2.57. The molecule has 0 aliphatic rings. The van der Waals surface area contributed by atoms with Crippen molar-refractivity contribution in [3.05, 3.63) is 40.9 Å². The van der Waals surface area contributed by atoms with Gasteiger partial charge in [-0.1, -0.05) is 43.7 Å². The highest BCUT2D eigenvalue weighted by molar-refractivity contribution is 7.15. The third-order valence-corrected chi connectivity index (χ3v) is 3.46. The maximum atomic E-state index is 4.69. The van der Waals surface area contributed by atoms with Gasteiger partial charge in [0.2, 0.25) is 0 Å². The SMILES string of the molecule is CCCc1nc(-c2ccccc2)sc1C. The van der Waals surface area contributed by atoms with Gasteiger partial charge in [0.1, 0.15) is 5.01 Å². The van der Waals surface area contributed by atoms with Crippen molar-refractivity contribution in [2.45, 2.75) is 26.7 Å². The third-order valence-electron chi connectivity index (χ3n) is 2.40. The van der Waals surface area contributed by atoms with Gasteiger partial charge in [0.25, 0.3) is 0 Å². The van der Waals surface area contributed by atoms with E-state index < -0.39 is 0 Å². The van der Waals surface area contributed by atoms with E-state index in [1.807, 2.05) is 6.07 Å². The van der Waals surface area contributed by atoms with Crippen molar-refractivity contribution in [1.29, 1.82) is 0 Å². The number of hydrogen-bond donors (Lipinski definition) is 0. The first-order valence-corrected chi connectivity index (χ1v) is 6.14. The molecule has 78 valence electrons. The molecule has 0 saturated heterocycles. The zero-order valence-corrected chi connectivity index (χ0v) is 9.97. The molecule has 0 aliphatic heterocycles. The van der Waals surface area contributed by atoms with E-state index in [0.717, 1.165) is 11.4 Å². The minimum Gasteiger partial charge on any atom is -0.241 e. The van der Waals surface area contributed by atoms with Crippen molar-refractivity contribution < 1.29 is 0 Å². The van der Waals surface area contributed by atoms with E-state index in [0.29, 0.717) is 0 Å². The van der Waals surface area contributed by atoms with Crippen molar-refractivity contribution in [3.8, 4) is 10.6 Å². The molecule has 0 atom stereocenters. The van der Waals surface area contributed by atoms with Crippen LogP contribution in [0.1, 0.15) is 23.9 Å². The lowest BCUT2D eigenvalue weighted by atomic mass is 10.2. The van der Waals surface area contributed by atoms with E-state index >= 15 is 0 Å². The van der Waals surface area contributed by atoms with Gasteiger partial charge in [0, 0.05) is 10.4 Å². The van der Waals surface area contributed by atoms with E-state index in [-0.39, 0.29) is 0 Å². The normalized spacial score (nSPS) is 10.5. The topological polar surface area (TPSA) is 12.9 Å². The minimum atomic E-state index is 1.09. The maximum absolute atomic E-state index is 4.69. The second-order valence-electron chi connectivity index (χ2n) is 3.64. The molecule has 15 heavy (non-hydrogen) atoms. The average Bonchev–Trinajstić information content (AvgIpc) is 2.63. The Hall–Kier alpha value is -1.15. The molecule has 2 rings (SSSR count). The van der Waals surface area contributed by atoms with Crippen LogP contribution in [0.25, 0.3) is 10.6 Å². The first-order valence-electron chi connectivity index (χ1n) is 5.33. The van der Waals surface area contributed by atoms with Crippen LogP contribution < -0.4 is 0 Å². The summed E-state index contributed by atoms with van der Waals surface area (Å²) in [5.41, 5.74) is 2.49. The third kappa shape index (κ3) is 2.26. The summed E-state index contributed by atoms with van der Waals surface area (Å²) in [6.45, 7) is 4.36. The Bertz CT molecular complexity index is 431. The molecule has 0 saturated carbocycles. The molecule has 2 aromatic rings. The number of nitrogens with zero attached hydrogens (tertiary/aromatic N) is 1. The second-order valence-corrected chi connectivity index (χ2v) is 4.84. The molecule has 0 unspecified atom stereocenters. The van der Waals surface area contributed by atoms with Crippen molar-refractivity contribution in [2.75, 3.05) is 0 Å².